The molecule has 0 radical (unpaired) electrons. The van der Waals surface area contributed by atoms with E-state index in [-0.39, 0.29) is 12.2 Å². The van der Waals surface area contributed by atoms with Crippen LogP contribution in [0.15, 0.2) is 18.3 Å². The lowest BCUT2D eigenvalue weighted by Crippen LogP contribution is -1.94. The van der Waals surface area contributed by atoms with Crippen molar-refractivity contribution in [1.82, 2.24) is 4.98 Å². The Morgan fingerprint density at radius 2 is 2.64 bits per heavy atom. The number of aromatic nitrogens is 1. The maximum Gasteiger partial charge on any atom is 0.0486 e. The largest absolute Gasteiger partial charge is 0.396 e. The first-order valence-corrected chi connectivity index (χ1v) is 3.35. The van der Waals surface area contributed by atoms with Crippen LogP contribution in [0, 0.1) is 0 Å². The molecule has 60 valence electrons. The summed E-state index contributed by atoms with van der Waals surface area (Å²) in [4.78, 5) is 3.90. The molecule has 0 bridgehead atoms. The van der Waals surface area contributed by atoms with Crippen LogP contribution in [0.2, 0.25) is 0 Å². The Labute approximate surface area is 73.9 Å². The van der Waals surface area contributed by atoms with Gasteiger partial charge in [0.25, 0.3) is 0 Å². The molecule has 0 spiro atoms. The highest BCUT2D eigenvalue weighted by Gasteiger charge is 1.92. The van der Waals surface area contributed by atoms with Crippen LogP contribution in [-0.2, 0) is 12.8 Å². The van der Waals surface area contributed by atoms with Gasteiger partial charge in [0.1, 0.15) is 0 Å². The number of aliphatic hydroxyl groups is 1. The molecule has 2 nitrogen and oxygen atoms in total. The average molecular weight is 156 g/mol. The van der Waals surface area contributed by atoms with Crippen LogP contribution < -0.4 is 0 Å². The lowest BCUT2D eigenvalue weighted by molar-refractivity contribution is 0.298. The van der Waals surface area contributed by atoms with E-state index in [2.05, 4.69) is 4.98 Å². The normalized spacial score (nSPS) is 19.2. The second-order valence-corrected chi connectivity index (χ2v) is 2.14. The maximum absolute atomic E-state index is 8.67. The topological polar surface area (TPSA) is 33.1 Å². The smallest absolute Gasteiger partial charge is 0.0486 e. The number of pyridine rings is 1. The van der Waals surface area contributed by atoms with E-state index in [1.807, 2.05) is 0 Å². The quantitative estimate of drug-likeness (QED) is 0.712. The van der Waals surface area contributed by atoms with Gasteiger partial charge in [-0.3, -0.25) is 4.98 Å². The molecule has 11 heavy (non-hydrogen) atoms. The number of aliphatic hydroxyl groups excluding tert-OH is 1. The van der Waals surface area contributed by atoms with Crippen molar-refractivity contribution in [3.8, 4) is 0 Å². The molecule has 1 N–H and O–H groups in total. The third kappa shape index (κ3) is 2.31. The number of hydrogen-bond donors (Lipinski definition) is 1. The molecule has 1 rings (SSSR count). The number of aryl methyl sites for hydroxylation is 1. The van der Waals surface area contributed by atoms with Crippen molar-refractivity contribution in [2.24, 2.45) is 0 Å². The lowest BCUT2D eigenvalue weighted by Gasteiger charge is -1.98. The van der Waals surface area contributed by atoms with Crippen LogP contribution in [0.25, 0.3) is 0 Å². The molecule has 0 fully saturated rings. The van der Waals surface area contributed by atoms with Crippen LogP contribution in [0.3, 0.4) is 0 Å². The molecule has 0 atom stereocenters. The molecule has 0 amide bonds. The second kappa shape index (κ2) is 4.09. The van der Waals surface area contributed by atoms with Gasteiger partial charge in [0.05, 0.1) is 0 Å². The lowest BCUT2D eigenvalue weighted by atomic mass is 10.2. The highest BCUT2D eigenvalue weighted by Crippen LogP contribution is 2.00. The third-order valence-corrected chi connectivity index (χ3v) is 1.34. The van der Waals surface area contributed by atoms with Gasteiger partial charge in [-0.15, -0.1) is 0 Å². The second-order valence-electron chi connectivity index (χ2n) is 2.14. The van der Waals surface area contributed by atoms with Gasteiger partial charge >= 0.3 is 0 Å². The van der Waals surface area contributed by atoms with Crippen LogP contribution in [0.5, 0.6) is 0 Å². The van der Waals surface area contributed by atoms with E-state index in [1.54, 1.807) is 0 Å². The molecular weight excluding hydrogens is 138 g/mol. The highest BCUT2D eigenvalue weighted by molar-refractivity contribution is 5.13. The van der Waals surface area contributed by atoms with E-state index in [0.29, 0.717) is 12.1 Å². The van der Waals surface area contributed by atoms with Crippen LogP contribution in [-0.4, -0.2) is 16.7 Å². The minimum atomic E-state index is -2.72. The SMILES string of the molecule is [2H]C([2H])([2H])C([2H])([2H])c1ccc(CCO)nc1. The summed E-state index contributed by atoms with van der Waals surface area (Å²) in [5.74, 6) is 0. The van der Waals surface area contributed by atoms with Crippen molar-refractivity contribution < 1.29 is 12.0 Å². The first kappa shape index (κ1) is 3.68. The summed E-state index contributed by atoms with van der Waals surface area (Å²) in [6.45, 7) is -2.76. The summed E-state index contributed by atoms with van der Waals surface area (Å²) in [6, 6.07) is 2.92. The Bertz CT molecular complexity index is 346. The van der Waals surface area contributed by atoms with Crippen molar-refractivity contribution in [3.63, 3.8) is 0 Å². The Hall–Kier alpha value is -0.890. The van der Waals surface area contributed by atoms with Gasteiger partial charge in [-0.1, -0.05) is 12.9 Å². The molecule has 0 aliphatic rings. The molecule has 1 aromatic rings. The predicted octanol–water partition coefficient (Wildman–Crippen LogP) is 1.18. The highest BCUT2D eigenvalue weighted by atomic mass is 16.3. The molecule has 0 aromatic carbocycles. The summed E-state index contributed by atoms with van der Waals surface area (Å²) < 4.78 is 36.3. The van der Waals surface area contributed by atoms with E-state index < -0.39 is 13.2 Å². The van der Waals surface area contributed by atoms with E-state index in [4.69, 9.17) is 12.0 Å². The molecule has 0 unspecified atom stereocenters. The van der Waals surface area contributed by atoms with E-state index in [0.717, 1.165) is 0 Å². The summed E-state index contributed by atoms with van der Waals surface area (Å²) in [6.07, 6.45) is -0.827. The maximum atomic E-state index is 8.67. The Morgan fingerprint density at radius 3 is 3.18 bits per heavy atom. The van der Waals surface area contributed by atoms with Crippen molar-refractivity contribution in [2.75, 3.05) is 6.61 Å². The number of rotatable bonds is 3. The van der Waals surface area contributed by atoms with Gasteiger partial charge in [-0.2, -0.15) is 0 Å². The van der Waals surface area contributed by atoms with E-state index in [9.17, 15) is 0 Å². The molecule has 1 heterocycles. The summed E-state index contributed by atoms with van der Waals surface area (Å²) >= 11 is 0. The van der Waals surface area contributed by atoms with Crippen molar-refractivity contribution >= 4 is 0 Å². The number of nitrogens with zero attached hydrogens (tertiary/aromatic N) is 1. The van der Waals surface area contributed by atoms with Crippen molar-refractivity contribution in [3.05, 3.63) is 29.6 Å². The zero-order valence-electron chi connectivity index (χ0n) is 11.0. The first-order valence-electron chi connectivity index (χ1n) is 5.85. The van der Waals surface area contributed by atoms with Gasteiger partial charge in [0, 0.05) is 31.8 Å². The van der Waals surface area contributed by atoms with Gasteiger partial charge < -0.3 is 5.11 Å². The molecular formula is C9H13NO. The molecule has 0 aliphatic heterocycles. The number of hydrogen-bond acceptors (Lipinski definition) is 2. The zero-order valence-corrected chi connectivity index (χ0v) is 6.04. The first-order chi connectivity index (χ1) is 7.29. The van der Waals surface area contributed by atoms with Crippen LogP contribution in [0.1, 0.15) is 25.0 Å². The zero-order chi connectivity index (χ0) is 12.4. The fraction of sp³-hybridized carbons (Fsp3) is 0.444. The Kier molecular flexibility index (Phi) is 1.37. The molecule has 2 heteroatoms. The minimum absolute atomic E-state index is 0.0224. The monoisotopic (exact) mass is 156 g/mol. The van der Waals surface area contributed by atoms with Gasteiger partial charge in [-0.25, -0.2) is 0 Å². The average Bonchev–Trinajstić information content (AvgIpc) is 2.17. The van der Waals surface area contributed by atoms with Crippen molar-refractivity contribution in [1.29, 1.82) is 0 Å². The predicted molar refractivity (Wildman–Crippen MR) is 44.4 cm³/mol. The van der Waals surface area contributed by atoms with Gasteiger partial charge in [0.2, 0.25) is 0 Å². The van der Waals surface area contributed by atoms with Gasteiger partial charge in [0.15, 0.2) is 0 Å². The summed E-state index contributed by atoms with van der Waals surface area (Å²) in [5, 5.41) is 8.67. The Balaban J connectivity index is 2.97. The van der Waals surface area contributed by atoms with E-state index >= 15 is 0 Å². The summed E-state index contributed by atoms with van der Waals surface area (Å²) in [7, 11) is 0. The minimum Gasteiger partial charge on any atom is -0.396 e. The van der Waals surface area contributed by atoms with Crippen LogP contribution >= 0.6 is 0 Å². The molecule has 0 saturated heterocycles. The standard InChI is InChI=1S/C9H13NO/c1-2-8-3-4-9(5-6-11)10-7-8/h3-4,7,11H,2,5-6H2,1H3/i1D3,2D2. The fourth-order valence-corrected chi connectivity index (χ4v) is 0.761. The summed E-state index contributed by atoms with van der Waals surface area (Å²) in [5.41, 5.74) is 0.627. The molecule has 1 aromatic heterocycles. The fourth-order valence-electron chi connectivity index (χ4n) is 0.761. The van der Waals surface area contributed by atoms with E-state index in [1.165, 1.54) is 18.3 Å². The van der Waals surface area contributed by atoms with Crippen molar-refractivity contribution in [2.45, 2.75) is 19.6 Å². The van der Waals surface area contributed by atoms with Crippen LogP contribution in [0.4, 0.5) is 0 Å². The Morgan fingerprint density at radius 1 is 1.73 bits per heavy atom. The van der Waals surface area contributed by atoms with Gasteiger partial charge in [-0.05, 0) is 18.0 Å². The molecule has 0 aliphatic carbocycles. The molecule has 0 saturated carbocycles. The third-order valence-electron chi connectivity index (χ3n) is 1.34.